The van der Waals surface area contributed by atoms with Crippen LogP contribution in [0, 0.1) is 18.7 Å². The third-order valence-electron chi connectivity index (χ3n) is 4.05. The second-order valence-corrected chi connectivity index (χ2v) is 5.22. The molecule has 1 heterocycles. The summed E-state index contributed by atoms with van der Waals surface area (Å²) in [5.74, 6) is 0.728. The molecule has 0 bridgehead atoms. The Kier molecular flexibility index (Phi) is 2.75. The molecule has 1 aromatic carbocycles. The number of rotatable bonds is 1. The number of nitrogens with zero attached hydrogens (tertiary/aromatic N) is 1. The molecule has 3 heteroatoms. The lowest BCUT2D eigenvalue weighted by molar-refractivity contribution is 0.363. The van der Waals surface area contributed by atoms with Crippen LogP contribution in [-0.2, 0) is 5.41 Å². The number of piperidine rings is 1. The highest BCUT2D eigenvalue weighted by atomic mass is 35.5. The topological polar surface area (TPSA) is 3.24 Å². The van der Waals surface area contributed by atoms with Crippen molar-refractivity contribution in [3.8, 4) is 0 Å². The molecule has 3 rings (SSSR count). The highest BCUT2D eigenvalue weighted by Crippen LogP contribution is 2.58. The van der Waals surface area contributed by atoms with Crippen LogP contribution in [0.5, 0.6) is 0 Å². The standard InChI is InChI=1S/C13H16FN.ClH/c1-9-5-10(3-4-12(9)14)13-6-11(13)7-15(2)8-13;/h3-5,11H,6-8H2,1-2H3;1H/t11?,13-;/m0./s1. The van der Waals surface area contributed by atoms with Gasteiger partial charge >= 0.3 is 0 Å². The molecule has 1 unspecified atom stereocenters. The average Bonchev–Trinajstić information content (AvgIpc) is 2.75. The maximum absolute atomic E-state index is 13.2. The zero-order chi connectivity index (χ0) is 10.6. The van der Waals surface area contributed by atoms with Crippen LogP contribution in [0.1, 0.15) is 17.5 Å². The van der Waals surface area contributed by atoms with E-state index in [1.54, 1.807) is 6.07 Å². The molecule has 0 spiro atoms. The number of hydrogen-bond donors (Lipinski definition) is 0. The van der Waals surface area contributed by atoms with Gasteiger partial charge in [0.25, 0.3) is 0 Å². The predicted octanol–water partition coefficient (Wildman–Crippen LogP) is 2.76. The first kappa shape index (κ1) is 11.9. The minimum absolute atomic E-state index is 0. The predicted molar refractivity (Wildman–Crippen MR) is 65.7 cm³/mol. The van der Waals surface area contributed by atoms with Crippen LogP contribution in [0.3, 0.4) is 0 Å². The fraction of sp³-hybridized carbons (Fsp3) is 0.538. The summed E-state index contributed by atoms with van der Waals surface area (Å²) in [6.07, 6.45) is 1.29. The zero-order valence-electron chi connectivity index (χ0n) is 9.66. The van der Waals surface area contributed by atoms with Gasteiger partial charge in [-0.05, 0) is 43.5 Å². The number of aryl methyl sites for hydroxylation is 1. The van der Waals surface area contributed by atoms with Gasteiger partial charge in [0, 0.05) is 18.5 Å². The van der Waals surface area contributed by atoms with Crippen molar-refractivity contribution in [1.82, 2.24) is 4.90 Å². The van der Waals surface area contributed by atoms with Crippen LogP contribution in [0.25, 0.3) is 0 Å². The summed E-state index contributed by atoms with van der Waals surface area (Å²) in [4.78, 5) is 2.38. The van der Waals surface area contributed by atoms with Crippen molar-refractivity contribution in [2.24, 2.45) is 5.92 Å². The Morgan fingerprint density at radius 1 is 1.44 bits per heavy atom. The Balaban J connectivity index is 0.000000963. The second-order valence-electron chi connectivity index (χ2n) is 5.22. The minimum Gasteiger partial charge on any atom is -0.305 e. The number of hydrogen-bond acceptors (Lipinski definition) is 1. The van der Waals surface area contributed by atoms with E-state index in [2.05, 4.69) is 11.9 Å². The van der Waals surface area contributed by atoms with Gasteiger partial charge in [0.15, 0.2) is 0 Å². The Labute approximate surface area is 102 Å². The largest absolute Gasteiger partial charge is 0.305 e. The van der Waals surface area contributed by atoms with Gasteiger partial charge in [0.2, 0.25) is 0 Å². The first-order chi connectivity index (χ1) is 7.12. The smallest absolute Gasteiger partial charge is 0.126 e. The van der Waals surface area contributed by atoms with Gasteiger partial charge in [0.1, 0.15) is 5.82 Å². The number of likely N-dealkylation sites (tertiary alicyclic amines) is 1. The second kappa shape index (κ2) is 3.71. The molecule has 2 atom stereocenters. The van der Waals surface area contributed by atoms with Crippen LogP contribution in [0.2, 0.25) is 0 Å². The molecular weight excluding hydrogens is 225 g/mol. The third-order valence-corrected chi connectivity index (χ3v) is 4.05. The molecule has 1 saturated heterocycles. The van der Waals surface area contributed by atoms with E-state index in [4.69, 9.17) is 0 Å². The minimum atomic E-state index is -0.0845. The van der Waals surface area contributed by atoms with Gasteiger partial charge in [-0.3, -0.25) is 0 Å². The lowest BCUT2D eigenvalue weighted by Gasteiger charge is -2.17. The summed E-state index contributed by atoms with van der Waals surface area (Å²) in [5.41, 5.74) is 2.49. The Bertz CT molecular complexity index is 420. The lowest BCUT2D eigenvalue weighted by atomic mass is 9.93. The number of halogens is 2. The molecule has 88 valence electrons. The molecule has 16 heavy (non-hydrogen) atoms. The summed E-state index contributed by atoms with van der Waals surface area (Å²) in [7, 11) is 2.17. The average molecular weight is 242 g/mol. The summed E-state index contributed by atoms with van der Waals surface area (Å²) in [6.45, 7) is 4.20. The molecule has 0 amide bonds. The van der Waals surface area contributed by atoms with Gasteiger partial charge in [-0.15, -0.1) is 12.4 Å². The zero-order valence-corrected chi connectivity index (χ0v) is 10.5. The van der Waals surface area contributed by atoms with Crippen molar-refractivity contribution in [2.45, 2.75) is 18.8 Å². The van der Waals surface area contributed by atoms with Crippen molar-refractivity contribution in [2.75, 3.05) is 20.1 Å². The SMILES string of the molecule is Cc1cc([C@@]23CC2CN(C)C3)ccc1F.Cl. The fourth-order valence-corrected chi connectivity index (χ4v) is 3.14. The molecule has 1 saturated carbocycles. The van der Waals surface area contributed by atoms with E-state index in [9.17, 15) is 4.39 Å². The third kappa shape index (κ3) is 1.56. The number of benzene rings is 1. The molecule has 2 fully saturated rings. The van der Waals surface area contributed by atoms with Crippen LogP contribution < -0.4 is 0 Å². The molecule has 1 aliphatic heterocycles. The lowest BCUT2D eigenvalue weighted by Crippen LogP contribution is -2.22. The van der Waals surface area contributed by atoms with Gasteiger partial charge in [-0.25, -0.2) is 4.39 Å². The van der Waals surface area contributed by atoms with Gasteiger partial charge in [-0.1, -0.05) is 12.1 Å². The number of likely N-dealkylation sites (N-methyl/N-ethyl adjacent to an activating group) is 1. The first-order valence-corrected chi connectivity index (χ1v) is 5.57. The van der Waals surface area contributed by atoms with Crippen molar-refractivity contribution in [3.05, 3.63) is 35.1 Å². The summed E-state index contributed by atoms with van der Waals surface area (Å²) >= 11 is 0. The van der Waals surface area contributed by atoms with Gasteiger partial charge in [-0.2, -0.15) is 0 Å². The van der Waals surface area contributed by atoms with Gasteiger partial charge < -0.3 is 4.90 Å². The molecule has 0 radical (unpaired) electrons. The van der Waals surface area contributed by atoms with E-state index < -0.39 is 0 Å². The van der Waals surface area contributed by atoms with Crippen LogP contribution in [0.15, 0.2) is 18.2 Å². The molecule has 1 nitrogen and oxygen atoms in total. The van der Waals surface area contributed by atoms with Crippen molar-refractivity contribution >= 4 is 12.4 Å². The first-order valence-electron chi connectivity index (χ1n) is 5.57. The maximum atomic E-state index is 13.2. The highest BCUT2D eigenvalue weighted by Gasteiger charge is 2.59. The highest BCUT2D eigenvalue weighted by molar-refractivity contribution is 5.85. The van der Waals surface area contributed by atoms with Crippen LogP contribution in [-0.4, -0.2) is 25.0 Å². The van der Waals surface area contributed by atoms with E-state index >= 15 is 0 Å². The summed E-state index contributed by atoms with van der Waals surface area (Å²) in [6, 6.07) is 5.63. The van der Waals surface area contributed by atoms with Crippen molar-refractivity contribution < 1.29 is 4.39 Å². The molecule has 1 aliphatic carbocycles. The Morgan fingerprint density at radius 2 is 2.19 bits per heavy atom. The monoisotopic (exact) mass is 241 g/mol. The van der Waals surface area contributed by atoms with Gasteiger partial charge in [0.05, 0.1) is 0 Å². The maximum Gasteiger partial charge on any atom is 0.126 e. The van der Waals surface area contributed by atoms with E-state index in [0.29, 0.717) is 5.41 Å². The van der Waals surface area contributed by atoms with Crippen LogP contribution in [0.4, 0.5) is 4.39 Å². The van der Waals surface area contributed by atoms with E-state index in [1.807, 2.05) is 19.1 Å². The van der Waals surface area contributed by atoms with E-state index in [-0.39, 0.29) is 18.2 Å². The molecule has 1 aromatic rings. The quantitative estimate of drug-likeness (QED) is 0.731. The van der Waals surface area contributed by atoms with Crippen molar-refractivity contribution in [3.63, 3.8) is 0 Å². The van der Waals surface area contributed by atoms with Crippen LogP contribution >= 0.6 is 12.4 Å². The Morgan fingerprint density at radius 3 is 2.75 bits per heavy atom. The number of fused-ring (bicyclic) bond motifs is 1. The van der Waals surface area contributed by atoms with Crippen molar-refractivity contribution in [1.29, 1.82) is 0 Å². The molecule has 0 N–H and O–H groups in total. The van der Waals surface area contributed by atoms with E-state index in [0.717, 1.165) is 18.0 Å². The Hall–Kier alpha value is -0.600. The summed E-state index contributed by atoms with van der Waals surface area (Å²) in [5, 5.41) is 0. The normalized spacial score (nSPS) is 32.1. The molecule has 0 aromatic heterocycles. The fourth-order valence-electron chi connectivity index (χ4n) is 3.14. The van der Waals surface area contributed by atoms with E-state index in [1.165, 1.54) is 18.5 Å². The molecule has 2 aliphatic rings. The summed E-state index contributed by atoms with van der Waals surface area (Å²) < 4.78 is 13.2. The molecular formula is C13H17ClFN.